The number of ether oxygens (including phenoxy) is 1. The summed E-state index contributed by atoms with van der Waals surface area (Å²) in [5.41, 5.74) is 3.67. The third-order valence-corrected chi connectivity index (χ3v) is 5.43. The minimum absolute atomic E-state index is 0.0225. The summed E-state index contributed by atoms with van der Waals surface area (Å²) in [4.78, 5) is 22.0. The molecule has 28 heavy (non-hydrogen) atoms. The molecule has 0 spiro atoms. The molecule has 6 heteroatoms. The summed E-state index contributed by atoms with van der Waals surface area (Å²) in [6.07, 6.45) is 0. The number of hydrogen-bond donors (Lipinski definition) is 0. The highest BCUT2D eigenvalue weighted by molar-refractivity contribution is 7.22. The Bertz CT molecular complexity index is 961. The fourth-order valence-corrected chi connectivity index (χ4v) is 4.14. The number of aromatic nitrogens is 1. The van der Waals surface area contributed by atoms with E-state index in [0.717, 1.165) is 33.6 Å². The zero-order valence-corrected chi connectivity index (χ0v) is 18.0. The van der Waals surface area contributed by atoms with Crippen LogP contribution < -0.4 is 9.64 Å². The maximum atomic E-state index is 13.4. The Morgan fingerprint density at radius 3 is 2.46 bits per heavy atom. The molecule has 0 bridgehead atoms. The van der Waals surface area contributed by atoms with E-state index < -0.39 is 0 Å². The van der Waals surface area contributed by atoms with E-state index in [2.05, 4.69) is 11.0 Å². The van der Waals surface area contributed by atoms with E-state index in [1.165, 1.54) is 11.3 Å². The lowest BCUT2D eigenvalue weighted by Crippen LogP contribution is -2.36. The van der Waals surface area contributed by atoms with Gasteiger partial charge in [0.05, 0.1) is 11.3 Å². The molecule has 0 aliphatic carbocycles. The van der Waals surface area contributed by atoms with Crippen molar-refractivity contribution in [1.29, 1.82) is 0 Å². The summed E-state index contributed by atoms with van der Waals surface area (Å²) in [6.45, 7) is 7.89. The van der Waals surface area contributed by atoms with Crippen LogP contribution in [-0.2, 0) is 0 Å². The maximum Gasteiger partial charge on any atom is 0.260 e. The van der Waals surface area contributed by atoms with Crippen LogP contribution in [0.3, 0.4) is 0 Å². The third-order valence-electron chi connectivity index (χ3n) is 4.39. The molecule has 1 aromatic heterocycles. The van der Waals surface area contributed by atoms with Crippen LogP contribution in [0.25, 0.3) is 10.2 Å². The summed E-state index contributed by atoms with van der Waals surface area (Å²) in [5, 5.41) is 0.702. The van der Waals surface area contributed by atoms with E-state index >= 15 is 0 Å². The highest BCUT2D eigenvalue weighted by Gasteiger charge is 2.22. The third kappa shape index (κ3) is 4.51. The van der Waals surface area contributed by atoms with Gasteiger partial charge in [0.2, 0.25) is 0 Å². The van der Waals surface area contributed by atoms with Crippen molar-refractivity contribution in [3.05, 3.63) is 53.1 Å². The van der Waals surface area contributed by atoms with Crippen molar-refractivity contribution in [2.75, 3.05) is 38.7 Å². The van der Waals surface area contributed by atoms with Crippen LogP contribution in [0.4, 0.5) is 5.13 Å². The SMILES string of the molecule is CCOc1cccc2sc(N(CCN(C)C)C(=O)c3cc(C)cc(C)c3)nc12. The van der Waals surface area contributed by atoms with Gasteiger partial charge < -0.3 is 9.64 Å². The second kappa shape index (κ2) is 8.71. The van der Waals surface area contributed by atoms with Crippen molar-refractivity contribution in [2.45, 2.75) is 20.8 Å². The number of aryl methyl sites for hydroxylation is 2. The Balaban J connectivity index is 2.03. The van der Waals surface area contributed by atoms with Crippen LogP contribution >= 0.6 is 11.3 Å². The van der Waals surface area contributed by atoms with Gasteiger partial charge in [0.15, 0.2) is 5.13 Å². The Labute approximate surface area is 170 Å². The second-order valence-corrected chi connectivity index (χ2v) is 8.18. The van der Waals surface area contributed by atoms with Gasteiger partial charge in [0, 0.05) is 18.7 Å². The first-order chi connectivity index (χ1) is 13.4. The lowest BCUT2D eigenvalue weighted by molar-refractivity contribution is 0.0985. The number of fused-ring (bicyclic) bond motifs is 1. The molecule has 0 fully saturated rings. The van der Waals surface area contributed by atoms with Crippen molar-refractivity contribution < 1.29 is 9.53 Å². The molecule has 0 saturated carbocycles. The number of likely N-dealkylation sites (N-methyl/N-ethyl adjacent to an activating group) is 1. The van der Waals surface area contributed by atoms with Gasteiger partial charge in [-0.05, 0) is 59.1 Å². The molecule has 5 nitrogen and oxygen atoms in total. The number of carbonyl (C=O) groups is 1. The zero-order valence-electron chi connectivity index (χ0n) is 17.2. The van der Waals surface area contributed by atoms with Crippen LogP contribution in [0.5, 0.6) is 5.75 Å². The van der Waals surface area contributed by atoms with Crippen molar-refractivity contribution in [1.82, 2.24) is 9.88 Å². The highest BCUT2D eigenvalue weighted by Crippen LogP contribution is 2.34. The average Bonchev–Trinajstić information content (AvgIpc) is 3.06. The number of nitrogens with zero attached hydrogens (tertiary/aromatic N) is 3. The van der Waals surface area contributed by atoms with Crippen LogP contribution in [-0.4, -0.2) is 49.6 Å². The lowest BCUT2D eigenvalue weighted by Gasteiger charge is -2.22. The van der Waals surface area contributed by atoms with E-state index in [0.29, 0.717) is 23.8 Å². The first kappa shape index (κ1) is 20.3. The van der Waals surface area contributed by atoms with Crippen LogP contribution in [0, 0.1) is 13.8 Å². The van der Waals surface area contributed by atoms with Gasteiger partial charge in [-0.3, -0.25) is 9.69 Å². The number of benzene rings is 2. The lowest BCUT2D eigenvalue weighted by atomic mass is 10.1. The van der Waals surface area contributed by atoms with E-state index in [-0.39, 0.29) is 5.91 Å². The van der Waals surface area contributed by atoms with Gasteiger partial charge in [-0.2, -0.15) is 0 Å². The number of carbonyl (C=O) groups excluding carboxylic acids is 1. The fourth-order valence-electron chi connectivity index (χ4n) is 3.14. The van der Waals surface area contributed by atoms with E-state index in [9.17, 15) is 4.79 Å². The summed E-state index contributed by atoms with van der Waals surface area (Å²) in [6, 6.07) is 11.9. The molecule has 0 aliphatic heterocycles. The molecule has 0 radical (unpaired) electrons. The Morgan fingerprint density at radius 2 is 1.82 bits per heavy atom. The number of anilines is 1. The van der Waals surface area contributed by atoms with E-state index in [1.54, 1.807) is 4.90 Å². The Morgan fingerprint density at radius 1 is 1.11 bits per heavy atom. The van der Waals surface area contributed by atoms with Crippen molar-refractivity contribution in [3.8, 4) is 5.75 Å². The van der Waals surface area contributed by atoms with Gasteiger partial charge in [0.25, 0.3) is 5.91 Å². The zero-order chi connectivity index (χ0) is 20.3. The second-order valence-electron chi connectivity index (χ2n) is 7.17. The number of thiazole rings is 1. The molecular weight excluding hydrogens is 370 g/mol. The molecule has 1 amide bonds. The van der Waals surface area contributed by atoms with Crippen molar-refractivity contribution in [3.63, 3.8) is 0 Å². The quantitative estimate of drug-likeness (QED) is 0.588. The van der Waals surface area contributed by atoms with Gasteiger partial charge in [0.1, 0.15) is 11.3 Å². The summed E-state index contributed by atoms with van der Waals surface area (Å²) in [7, 11) is 4.01. The fraction of sp³-hybridized carbons (Fsp3) is 0.364. The van der Waals surface area contributed by atoms with Gasteiger partial charge in [-0.1, -0.05) is 34.6 Å². The van der Waals surface area contributed by atoms with Crippen molar-refractivity contribution >= 4 is 32.6 Å². The molecular formula is C22H27N3O2S. The minimum atomic E-state index is -0.0225. The predicted molar refractivity (Wildman–Crippen MR) is 117 cm³/mol. The van der Waals surface area contributed by atoms with Crippen LogP contribution in [0.2, 0.25) is 0 Å². The molecule has 1 heterocycles. The number of para-hydroxylation sites is 1. The average molecular weight is 398 g/mol. The minimum Gasteiger partial charge on any atom is -0.492 e. The molecule has 0 atom stereocenters. The maximum absolute atomic E-state index is 13.4. The summed E-state index contributed by atoms with van der Waals surface area (Å²) in [5.74, 6) is 0.736. The van der Waals surface area contributed by atoms with Gasteiger partial charge >= 0.3 is 0 Å². The largest absolute Gasteiger partial charge is 0.492 e. The Kier molecular flexibility index (Phi) is 6.31. The monoisotopic (exact) mass is 397 g/mol. The highest BCUT2D eigenvalue weighted by atomic mass is 32.1. The van der Waals surface area contributed by atoms with Crippen LogP contribution in [0.1, 0.15) is 28.4 Å². The molecule has 0 saturated heterocycles. The molecule has 2 aromatic carbocycles. The first-order valence-electron chi connectivity index (χ1n) is 9.46. The molecule has 0 unspecified atom stereocenters. The molecule has 3 rings (SSSR count). The topological polar surface area (TPSA) is 45.7 Å². The van der Waals surface area contributed by atoms with Crippen LogP contribution in [0.15, 0.2) is 36.4 Å². The van der Waals surface area contributed by atoms with Gasteiger partial charge in [-0.25, -0.2) is 4.98 Å². The van der Waals surface area contributed by atoms with E-state index in [1.807, 2.05) is 65.2 Å². The number of amides is 1. The smallest absolute Gasteiger partial charge is 0.260 e. The van der Waals surface area contributed by atoms with Gasteiger partial charge in [-0.15, -0.1) is 0 Å². The first-order valence-corrected chi connectivity index (χ1v) is 10.3. The summed E-state index contributed by atoms with van der Waals surface area (Å²) >= 11 is 1.52. The van der Waals surface area contributed by atoms with E-state index in [4.69, 9.17) is 9.72 Å². The predicted octanol–water partition coefficient (Wildman–Crippen LogP) is 4.52. The molecule has 0 N–H and O–H groups in total. The molecule has 3 aromatic rings. The Hall–Kier alpha value is -2.44. The summed E-state index contributed by atoms with van der Waals surface area (Å²) < 4.78 is 6.74. The standard InChI is InChI=1S/C22H27N3O2S/c1-6-27-18-8-7-9-19-20(18)23-22(28-19)25(11-10-24(4)5)21(26)17-13-15(2)12-16(3)14-17/h7-9,12-14H,6,10-11H2,1-5H3. The molecule has 148 valence electrons. The number of hydrogen-bond acceptors (Lipinski definition) is 5. The molecule has 0 aliphatic rings. The normalized spacial score (nSPS) is 11.2. The number of rotatable bonds is 7. The van der Waals surface area contributed by atoms with Crippen molar-refractivity contribution in [2.24, 2.45) is 0 Å².